The second-order valence-corrected chi connectivity index (χ2v) is 11.3. The van der Waals surface area contributed by atoms with Gasteiger partial charge in [0.15, 0.2) is 6.61 Å². The maximum absolute atomic E-state index is 13.6. The van der Waals surface area contributed by atoms with Crippen LogP contribution < -0.4 is 29.3 Å². The Labute approximate surface area is 250 Å². The number of sulfonamides is 1. The molecule has 3 aromatic rings. The van der Waals surface area contributed by atoms with Crippen molar-refractivity contribution in [2.75, 3.05) is 44.8 Å². The van der Waals surface area contributed by atoms with Gasteiger partial charge in [-0.1, -0.05) is 18.2 Å². The summed E-state index contributed by atoms with van der Waals surface area (Å²) < 4.78 is 49.8. The topological polar surface area (TPSA) is 145 Å². The van der Waals surface area contributed by atoms with E-state index in [4.69, 9.17) is 18.9 Å². The van der Waals surface area contributed by atoms with Crippen LogP contribution >= 0.6 is 0 Å². The maximum atomic E-state index is 13.6. The summed E-state index contributed by atoms with van der Waals surface area (Å²) in [6, 6.07) is 19.1. The molecule has 43 heavy (non-hydrogen) atoms. The number of hydrogen-bond acceptors (Lipinski definition) is 9. The minimum atomic E-state index is -4.15. The second kappa shape index (κ2) is 15.0. The number of hydrogen-bond donors (Lipinski definition) is 2. The first-order valence-electron chi connectivity index (χ1n) is 13.5. The molecule has 1 aliphatic heterocycles. The van der Waals surface area contributed by atoms with E-state index in [0.29, 0.717) is 23.6 Å². The lowest BCUT2D eigenvalue weighted by Gasteiger charge is -2.25. The SMILES string of the molecule is COc1ccc(N(CC(=O)N/N=C\c2ccc(OCC(=O)NC[C@H]3CCCO3)cc2)S(=O)(=O)c2ccccc2)c(OC)c1. The van der Waals surface area contributed by atoms with Crippen molar-refractivity contribution in [2.45, 2.75) is 23.8 Å². The van der Waals surface area contributed by atoms with E-state index in [1.165, 1.54) is 44.7 Å². The first kappa shape index (κ1) is 31.3. The molecule has 1 heterocycles. The van der Waals surface area contributed by atoms with Gasteiger partial charge < -0.3 is 24.3 Å². The summed E-state index contributed by atoms with van der Waals surface area (Å²) in [6.45, 7) is 0.493. The van der Waals surface area contributed by atoms with Crippen LogP contribution in [0.1, 0.15) is 18.4 Å². The molecule has 228 valence electrons. The number of benzene rings is 3. The quantitative estimate of drug-likeness (QED) is 0.209. The number of carbonyl (C=O) groups is 2. The number of rotatable bonds is 14. The number of methoxy groups -OCH3 is 2. The predicted octanol–water partition coefficient (Wildman–Crippen LogP) is 2.72. The van der Waals surface area contributed by atoms with E-state index in [9.17, 15) is 18.0 Å². The van der Waals surface area contributed by atoms with Crippen LogP contribution in [-0.4, -0.2) is 73.1 Å². The van der Waals surface area contributed by atoms with Crippen molar-refractivity contribution in [3.05, 3.63) is 78.4 Å². The standard InChI is InChI=1S/C30H34N4O8S/c1-39-24-14-15-27(28(17-24)40-2)34(43(37,38)26-8-4-3-5-9-26)20-29(35)33-32-18-22-10-12-23(13-11-22)42-21-30(36)31-19-25-7-6-16-41-25/h3-5,8-15,17-18,25H,6-7,16,19-21H2,1-2H3,(H,31,36)(H,33,35)/b32-18-/t25-/m1/s1. The van der Waals surface area contributed by atoms with Gasteiger partial charge in [0.2, 0.25) is 0 Å². The van der Waals surface area contributed by atoms with Gasteiger partial charge >= 0.3 is 0 Å². The molecule has 12 nitrogen and oxygen atoms in total. The van der Waals surface area contributed by atoms with Crippen molar-refractivity contribution in [3.63, 3.8) is 0 Å². The van der Waals surface area contributed by atoms with E-state index in [-0.39, 0.29) is 35.0 Å². The van der Waals surface area contributed by atoms with Crippen molar-refractivity contribution < 1.29 is 37.0 Å². The Hall–Kier alpha value is -4.62. The van der Waals surface area contributed by atoms with E-state index in [2.05, 4.69) is 15.8 Å². The van der Waals surface area contributed by atoms with E-state index >= 15 is 0 Å². The van der Waals surface area contributed by atoms with Gasteiger partial charge in [-0.05, 0) is 66.9 Å². The molecule has 1 atom stereocenters. The molecule has 0 unspecified atom stereocenters. The van der Waals surface area contributed by atoms with Gasteiger partial charge in [-0.3, -0.25) is 13.9 Å². The van der Waals surface area contributed by atoms with Crippen molar-refractivity contribution in [1.82, 2.24) is 10.7 Å². The molecule has 2 N–H and O–H groups in total. The first-order valence-corrected chi connectivity index (χ1v) is 15.0. The molecule has 4 rings (SSSR count). The van der Waals surface area contributed by atoms with Gasteiger partial charge in [-0.15, -0.1) is 0 Å². The number of ether oxygens (including phenoxy) is 4. The second-order valence-electron chi connectivity index (χ2n) is 9.45. The number of anilines is 1. The zero-order chi connectivity index (χ0) is 30.7. The number of amides is 2. The Kier molecular flexibility index (Phi) is 10.9. The molecule has 13 heteroatoms. The highest BCUT2D eigenvalue weighted by atomic mass is 32.2. The average Bonchev–Trinajstić information content (AvgIpc) is 3.56. The maximum Gasteiger partial charge on any atom is 0.264 e. The number of hydrazone groups is 1. The van der Waals surface area contributed by atoms with Crippen LogP contribution in [0.5, 0.6) is 17.2 Å². The normalized spacial score (nSPS) is 14.7. The Morgan fingerprint density at radius 1 is 1.00 bits per heavy atom. The summed E-state index contributed by atoms with van der Waals surface area (Å²) in [6.07, 6.45) is 3.40. The molecule has 1 saturated heterocycles. The Morgan fingerprint density at radius 2 is 1.74 bits per heavy atom. The smallest absolute Gasteiger partial charge is 0.264 e. The molecule has 2 amide bonds. The fourth-order valence-electron chi connectivity index (χ4n) is 4.24. The van der Waals surface area contributed by atoms with E-state index in [1.807, 2.05) is 0 Å². The van der Waals surface area contributed by atoms with Crippen molar-refractivity contribution in [2.24, 2.45) is 5.10 Å². The third-order valence-electron chi connectivity index (χ3n) is 6.48. The summed E-state index contributed by atoms with van der Waals surface area (Å²) in [7, 11) is -1.28. The Balaban J connectivity index is 1.37. The third-order valence-corrected chi connectivity index (χ3v) is 8.25. The minimum absolute atomic E-state index is 0.00629. The van der Waals surface area contributed by atoms with Gasteiger partial charge in [-0.2, -0.15) is 5.10 Å². The summed E-state index contributed by atoms with van der Waals surface area (Å²) >= 11 is 0. The van der Waals surface area contributed by atoms with E-state index in [0.717, 1.165) is 23.8 Å². The molecule has 1 fully saturated rings. The summed E-state index contributed by atoms with van der Waals surface area (Å²) in [4.78, 5) is 24.9. The molecule has 0 radical (unpaired) electrons. The zero-order valence-electron chi connectivity index (χ0n) is 23.9. The van der Waals surface area contributed by atoms with Crippen molar-refractivity contribution >= 4 is 33.7 Å². The van der Waals surface area contributed by atoms with Gasteiger partial charge in [-0.25, -0.2) is 13.8 Å². The van der Waals surface area contributed by atoms with Gasteiger partial charge in [0.25, 0.3) is 21.8 Å². The van der Waals surface area contributed by atoms with E-state index in [1.54, 1.807) is 48.5 Å². The molecular weight excluding hydrogens is 576 g/mol. The zero-order valence-corrected chi connectivity index (χ0v) is 24.7. The molecule has 0 aromatic heterocycles. The molecule has 0 spiro atoms. The fraction of sp³-hybridized carbons (Fsp3) is 0.300. The predicted molar refractivity (Wildman–Crippen MR) is 160 cm³/mol. The fourth-order valence-corrected chi connectivity index (χ4v) is 5.69. The number of nitrogens with zero attached hydrogens (tertiary/aromatic N) is 2. The largest absolute Gasteiger partial charge is 0.497 e. The van der Waals surface area contributed by atoms with Gasteiger partial charge in [0.05, 0.1) is 37.1 Å². The lowest BCUT2D eigenvalue weighted by Crippen LogP contribution is -2.39. The Morgan fingerprint density at radius 3 is 2.42 bits per heavy atom. The Bertz CT molecular complexity index is 1510. The minimum Gasteiger partial charge on any atom is -0.497 e. The number of carbonyl (C=O) groups excluding carboxylic acids is 2. The van der Waals surface area contributed by atoms with Gasteiger partial charge in [0.1, 0.15) is 23.8 Å². The average molecular weight is 611 g/mol. The molecule has 3 aromatic carbocycles. The number of nitrogens with one attached hydrogen (secondary N) is 2. The van der Waals surface area contributed by atoms with Gasteiger partial charge in [0, 0.05) is 19.2 Å². The van der Waals surface area contributed by atoms with Crippen LogP contribution in [0.2, 0.25) is 0 Å². The highest BCUT2D eigenvalue weighted by Crippen LogP contribution is 2.35. The molecular formula is C30H34N4O8S. The van der Waals surface area contributed by atoms with Crippen LogP contribution in [0.25, 0.3) is 0 Å². The van der Waals surface area contributed by atoms with Crippen LogP contribution in [0.15, 0.2) is 82.8 Å². The van der Waals surface area contributed by atoms with Crippen molar-refractivity contribution in [1.29, 1.82) is 0 Å². The summed E-state index contributed by atoms with van der Waals surface area (Å²) in [5.74, 6) is 0.240. The van der Waals surface area contributed by atoms with Crippen molar-refractivity contribution in [3.8, 4) is 17.2 Å². The molecule has 0 saturated carbocycles. The monoisotopic (exact) mass is 610 g/mol. The highest BCUT2D eigenvalue weighted by Gasteiger charge is 2.29. The lowest BCUT2D eigenvalue weighted by molar-refractivity contribution is -0.123. The van der Waals surface area contributed by atoms with Crippen LogP contribution in [0.3, 0.4) is 0 Å². The third kappa shape index (κ3) is 8.69. The molecule has 0 aliphatic carbocycles. The van der Waals surface area contributed by atoms with E-state index < -0.39 is 22.5 Å². The van der Waals surface area contributed by atoms with Crippen LogP contribution in [0.4, 0.5) is 5.69 Å². The molecule has 1 aliphatic rings. The summed E-state index contributed by atoms with van der Waals surface area (Å²) in [5, 5.41) is 6.76. The first-order chi connectivity index (χ1) is 20.8. The highest BCUT2D eigenvalue weighted by molar-refractivity contribution is 7.92. The van der Waals surface area contributed by atoms with Crippen LogP contribution in [0, 0.1) is 0 Å². The lowest BCUT2D eigenvalue weighted by atomic mass is 10.2. The summed E-state index contributed by atoms with van der Waals surface area (Å²) in [5.41, 5.74) is 3.17. The molecule has 0 bridgehead atoms. The van der Waals surface area contributed by atoms with Crippen LogP contribution in [-0.2, 0) is 24.3 Å².